The summed E-state index contributed by atoms with van der Waals surface area (Å²) >= 11 is 6.32. The fourth-order valence-corrected chi connectivity index (χ4v) is 8.61. The second kappa shape index (κ2) is 18.3. The average molecular weight is 923 g/mol. The van der Waals surface area contributed by atoms with Crippen molar-refractivity contribution in [3.05, 3.63) is 90.2 Å². The molecule has 324 valence electrons. The first-order valence-corrected chi connectivity index (χ1v) is 23.8. The Morgan fingerprint density at radius 2 is 1.35 bits per heavy atom. The minimum Gasteiger partial charge on any atom is -0.506 e. The first-order valence-electron chi connectivity index (χ1n) is 18.7. The van der Waals surface area contributed by atoms with Crippen LogP contribution in [0, 0.1) is 0 Å². The van der Waals surface area contributed by atoms with E-state index in [9.17, 15) is 40.0 Å². The minimum absolute atomic E-state index is 0.00436. The zero-order chi connectivity index (χ0) is 45.0. The van der Waals surface area contributed by atoms with Crippen LogP contribution in [0.15, 0.2) is 120 Å². The van der Waals surface area contributed by atoms with E-state index in [1.165, 1.54) is 49.4 Å². The summed E-state index contributed by atoms with van der Waals surface area (Å²) in [5.74, 6) is -0.996. The Kier molecular flexibility index (Phi) is 13.4. The predicted molar refractivity (Wildman–Crippen MR) is 235 cm³/mol. The normalized spacial score (nSPS) is 12.4. The number of sulfone groups is 2. The lowest BCUT2D eigenvalue weighted by molar-refractivity contribution is 0.473. The van der Waals surface area contributed by atoms with Crippen molar-refractivity contribution < 1.29 is 40.0 Å². The summed E-state index contributed by atoms with van der Waals surface area (Å²) in [5.41, 5.74) is 0.963. The monoisotopic (exact) mass is 922 g/mol. The van der Waals surface area contributed by atoms with Crippen molar-refractivity contribution in [1.29, 1.82) is 0 Å². The number of anilines is 5. The molecule has 1 heterocycles. The van der Waals surface area contributed by atoms with Gasteiger partial charge in [0.2, 0.25) is 17.2 Å². The van der Waals surface area contributed by atoms with Crippen molar-refractivity contribution in [1.82, 2.24) is 15.0 Å². The van der Waals surface area contributed by atoms with E-state index in [0.29, 0.717) is 29.9 Å². The van der Waals surface area contributed by atoms with Crippen LogP contribution in [0.25, 0.3) is 10.8 Å². The Balaban J connectivity index is 1.35. The Labute approximate surface area is 361 Å². The smallest absolute Gasteiger partial charge is 0.296 e. The third-order valence-electron chi connectivity index (χ3n) is 9.21. The van der Waals surface area contributed by atoms with Crippen molar-refractivity contribution in [3.63, 3.8) is 0 Å². The predicted octanol–water partition coefficient (Wildman–Crippen LogP) is 9.09. The van der Waals surface area contributed by atoms with E-state index in [1.807, 2.05) is 6.92 Å². The first-order chi connectivity index (χ1) is 29.4. The van der Waals surface area contributed by atoms with Gasteiger partial charge in [0, 0.05) is 41.3 Å². The summed E-state index contributed by atoms with van der Waals surface area (Å²) < 4.78 is 84.8. The molecule has 0 aliphatic carbocycles. The quantitative estimate of drug-likeness (QED) is 0.0447. The molecule has 62 heavy (non-hydrogen) atoms. The van der Waals surface area contributed by atoms with Crippen molar-refractivity contribution >= 4 is 104 Å². The number of benzene rings is 5. The summed E-state index contributed by atoms with van der Waals surface area (Å²) in [6, 6.07) is 19.8. The van der Waals surface area contributed by atoms with Gasteiger partial charge >= 0.3 is 0 Å². The molecule has 5 N–H and O–H groups in total. The number of hydrogen-bond donors (Lipinski definition) is 5. The molecule has 6 aromatic rings. The molecule has 1 aromatic heterocycles. The number of aromatic hydroxyl groups is 2. The molecule has 0 aliphatic heterocycles. The van der Waals surface area contributed by atoms with Crippen molar-refractivity contribution in [2.24, 2.45) is 20.5 Å². The van der Waals surface area contributed by atoms with Crippen LogP contribution >= 0.6 is 11.6 Å². The van der Waals surface area contributed by atoms with Crippen LogP contribution in [-0.4, -0.2) is 79.6 Å². The second-order valence-corrected chi connectivity index (χ2v) is 19.4. The summed E-state index contributed by atoms with van der Waals surface area (Å²) in [6.45, 7) is 7.42. The van der Waals surface area contributed by atoms with Crippen LogP contribution < -0.4 is 15.5 Å². The largest absolute Gasteiger partial charge is 0.506 e. The van der Waals surface area contributed by atoms with E-state index in [-0.39, 0.29) is 78.0 Å². The van der Waals surface area contributed by atoms with Gasteiger partial charge in [0.05, 0.1) is 27.0 Å². The molecular formula is C39H39ClN10O9S3. The maximum absolute atomic E-state index is 12.6. The Morgan fingerprint density at radius 1 is 0.694 bits per heavy atom. The minimum atomic E-state index is -4.84. The molecular weight excluding hydrogens is 884 g/mol. The van der Waals surface area contributed by atoms with Gasteiger partial charge in [-0.3, -0.25) is 4.55 Å². The first kappa shape index (κ1) is 45.2. The van der Waals surface area contributed by atoms with E-state index in [0.717, 1.165) is 12.1 Å². The molecule has 0 aliphatic rings. The lowest BCUT2D eigenvalue weighted by atomic mass is 10.1. The van der Waals surface area contributed by atoms with Gasteiger partial charge in [-0.1, -0.05) is 19.9 Å². The van der Waals surface area contributed by atoms with Crippen LogP contribution in [0.3, 0.4) is 0 Å². The highest BCUT2D eigenvalue weighted by Gasteiger charge is 2.21. The molecule has 0 atom stereocenters. The summed E-state index contributed by atoms with van der Waals surface area (Å²) in [4.78, 5) is 13.9. The maximum atomic E-state index is 12.6. The molecule has 0 bridgehead atoms. The SMILES string of the molecule is CCNc1ccc2c(O)c(N=Nc3ccc(S(=O)(=O)CC)cc3O)ccc2c1N=Nc1cc(Nc2nc(Cl)nc(N(CC)c3cccc(S(=O)(=O)CC)c3)n2)ccc1S(=O)(=O)O. The van der Waals surface area contributed by atoms with Gasteiger partial charge in [-0.15, -0.1) is 20.5 Å². The number of halogens is 1. The second-order valence-electron chi connectivity index (χ2n) is 13.1. The van der Waals surface area contributed by atoms with Gasteiger partial charge in [0.15, 0.2) is 25.4 Å². The highest BCUT2D eigenvalue weighted by molar-refractivity contribution is 7.91. The third-order valence-corrected chi connectivity index (χ3v) is 13.7. The molecule has 19 nitrogen and oxygen atoms in total. The molecule has 0 amide bonds. The molecule has 0 saturated heterocycles. The highest BCUT2D eigenvalue weighted by Crippen LogP contribution is 2.44. The van der Waals surface area contributed by atoms with Gasteiger partial charge in [0.25, 0.3) is 10.1 Å². The number of phenolic OH excluding ortho intramolecular Hbond substituents is 2. The highest BCUT2D eigenvalue weighted by atomic mass is 35.5. The molecule has 0 unspecified atom stereocenters. The summed E-state index contributed by atoms with van der Waals surface area (Å²) in [6.07, 6.45) is 0. The van der Waals surface area contributed by atoms with E-state index < -0.39 is 40.4 Å². The molecule has 5 aromatic carbocycles. The third kappa shape index (κ3) is 9.89. The number of azo groups is 2. The van der Waals surface area contributed by atoms with Crippen LogP contribution in [0.1, 0.15) is 27.7 Å². The van der Waals surface area contributed by atoms with E-state index in [2.05, 4.69) is 46.0 Å². The fourth-order valence-electron chi connectivity index (χ4n) is 6.03. The van der Waals surface area contributed by atoms with Gasteiger partial charge in [-0.25, -0.2) is 16.8 Å². The molecule has 0 radical (unpaired) electrons. The Morgan fingerprint density at radius 3 is 2.02 bits per heavy atom. The number of aromatic nitrogens is 3. The number of rotatable bonds is 16. The standard InChI is InChI=1S/C39H39ClN10O9S3/c1-5-41-30-17-15-28-27(14-18-31(36(28)52)47-46-29-16-13-26(22-33(29)51)61(55,56)8-4)35(30)49-48-32-20-23(12-19-34(32)62(57,58)59)42-38-43-37(40)44-39(45-38)50(6-2)24-10-9-11-25(21-24)60(53,54)7-3/h9-22,41,51-52H,5-8H2,1-4H3,(H,57,58,59)(H,42,43,44,45). The molecule has 23 heteroatoms. The Hall–Kier alpha value is -6.33. The number of nitrogens with zero attached hydrogens (tertiary/aromatic N) is 8. The van der Waals surface area contributed by atoms with Gasteiger partial charge in [-0.05, 0) is 98.2 Å². The average Bonchev–Trinajstić information content (AvgIpc) is 3.23. The zero-order valence-electron chi connectivity index (χ0n) is 33.4. The van der Waals surface area contributed by atoms with E-state index in [1.54, 1.807) is 49.1 Å². The number of fused-ring (bicyclic) bond motifs is 1. The number of hydrogen-bond acceptors (Lipinski definition) is 18. The maximum Gasteiger partial charge on any atom is 0.296 e. The van der Waals surface area contributed by atoms with Gasteiger partial charge < -0.3 is 25.7 Å². The molecule has 6 rings (SSSR count). The van der Waals surface area contributed by atoms with Crippen molar-refractivity contribution in [2.75, 3.05) is 40.1 Å². The Bertz CT molecular complexity index is 3100. The van der Waals surface area contributed by atoms with E-state index in [4.69, 9.17) is 11.6 Å². The fraction of sp³-hybridized carbons (Fsp3) is 0.205. The van der Waals surface area contributed by atoms with Crippen molar-refractivity contribution in [2.45, 2.75) is 42.4 Å². The molecule has 0 spiro atoms. The molecule has 0 fully saturated rings. The van der Waals surface area contributed by atoms with Crippen LogP contribution in [0.5, 0.6) is 11.5 Å². The lowest BCUT2D eigenvalue weighted by Crippen LogP contribution is -2.20. The van der Waals surface area contributed by atoms with Crippen molar-refractivity contribution in [3.8, 4) is 11.5 Å². The van der Waals surface area contributed by atoms with E-state index >= 15 is 0 Å². The number of nitrogens with one attached hydrogen (secondary N) is 2. The van der Waals surface area contributed by atoms with Crippen LogP contribution in [0.2, 0.25) is 5.28 Å². The summed E-state index contributed by atoms with van der Waals surface area (Å²) in [5, 5.41) is 44.9. The topological polar surface area (TPSA) is 279 Å². The zero-order valence-corrected chi connectivity index (χ0v) is 36.6. The summed E-state index contributed by atoms with van der Waals surface area (Å²) in [7, 11) is -11.9. The lowest BCUT2D eigenvalue weighted by Gasteiger charge is -2.22. The van der Waals surface area contributed by atoms with Gasteiger partial charge in [0.1, 0.15) is 33.4 Å². The van der Waals surface area contributed by atoms with Crippen LogP contribution in [0.4, 0.5) is 51.7 Å². The van der Waals surface area contributed by atoms with Gasteiger partial charge in [-0.2, -0.15) is 23.4 Å². The van der Waals surface area contributed by atoms with Crippen LogP contribution in [-0.2, 0) is 29.8 Å². The molecule has 0 saturated carbocycles. The number of phenols is 2.